The van der Waals surface area contributed by atoms with Gasteiger partial charge < -0.3 is 24.0 Å². The first-order chi connectivity index (χ1) is 19.9. The lowest BCUT2D eigenvalue weighted by Gasteiger charge is -2.26. The highest BCUT2D eigenvalue weighted by molar-refractivity contribution is 6.46. The van der Waals surface area contributed by atoms with Crippen LogP contribution in [-0.2, 0) is 16.1 Å². The number of pyridine rings is 1. The number of nitrogens with zero attached hydrogens (tertiary/aromatic N) is 5. The zero-order chi connectivity index (χ0) is 28.9. The van der Waals surface area contributed by atoms with Crippen molar-refractivity contribution < 1.29 is 24.2 Å². The topological polar surface area (TPSA) is 111 Å². The summed E-state index contributed by atoms with van der Waals surface area (Å²) in [5.41, 5.74) is 2.23. The van der Waals surface area contributed by atoms with E-state index in [4.69, 9.17) is 9.47 Å². The van der Waals surface area contributed by atoms with Crippen LogP contribution in [0.1, 0.15) is 56.1 Å². The molecule has 0 aliphatic carbocycles. The number of Topliss-reactive ketones (excluding diaryl/α,β-unsaturated/α-hetero) is 1. The summed E-state index contributed by atoms with van der Waals surface area (Å²) in [6, 6.07) is 10.1. The van der Waals surface area contributed by atoms with Gasteiger partial charge in [0.1, 0.15) is 11.3 Å². The SMILES string of the molecule is CCCCOc1ccc(C2/C(=C(\O)c3c(C)nc4ccccn34)C(=O)C(=O)N2CCCn2ccnc2)cc1OCC. The van der Waals surface area contributed by atoms with E-state index in [1.807, 2.05) is 42.0 Å². The number of imidazole rings is 2. The number of aliphatic hydroxyl groups excluding tert-OH is 1. The van der Waals surface area contributed by atoms with E-state index < -0.39 is 17.7 Å². The Morgan fingerprint density at radius 1 is 1.02 bits per heavy atom. The lowest BCUT2D eigenvalue weighted by atomic mass is 9.95. The van der Waals surface area contributed by atoms with Gasteiger partial charge in [-0.2, -0.15) is 0 Å². The fourth-order valence-corrected chi connectivity index (χ4v) is 5.23. The number of aryl methyl sites for hydroxylation is 2. The average Bonchev–Trinajstić information content (AvgIpc) is 3.67. The minimum Gasteiger partial charge on any atom is -0.505 e. The highest BCUT2D eigenvalue weighted by atomic mass is 16.5. The fourth-order valence-electron chi connectivity index (χ4n) is 5.23. The number of hydrogen-bond acceptors (Lipinski definition) is 7. The lowest BCUT2D eigenvalue weighted by Crippen LogP contribution is -2.31. The first kappa shape index (κ1) is 27.9. The third-order valence-corrected chi connectivity index (χ3v) is 7.18. The number of fused-ring (bicyclic) bond motifs is 1. The van der Waals surface area contributed by atoms with E-state index in [0.717, 1.165) is 12.8 Å². The van der Waals surface area contributed by atoms with Gasteiger partial charge in [0.05, 0.1) is 36.8 Å². The van der Waals surface area contributed by atoms with Crippen molar-refractivity contribution in [3.05, 3.63) is 83.8 Å². The van der Waals surface area contributed by atoms with Gasteiger partial charge in [-0.3, -0.25) is 14.0 Å². The maximum Gasteiger partial charge on any atom is 0.295 e. The molecule has 1 atom stereocenters. The Labute approximate surface area is 238 Å². The van der Waals surface area contributed by atoms with Gasteiger partial charge in [-0.15, -0.1) is 0 Å². The molecule has 1 fully saturated rings. The van der Waals surface area contributed by atoms with Crippen molar-refractivity contribution >= 4 is 23.1 Å². The second-order valence-corrected chi connectivity index (χ2v) is 9.96. The third-order valence-electron chi connectivity index (χ3n) is 7.18. The van der Waals surface area contributed by atoms with E-state index in [9.17, 15) is 14.7 Å². The summed E-state index contributed by atoms with van der Waals surface area (Å²) in [6.07, 6.45) is 9.53. The van der Waals surface area contributed by atoms with Gasteiger partial charge in [0.25, 0.3) is 11.7 Å². The Morgan fingerprint density at radius 2 is 1.88 bits per heavy atom. The molecule has 0 radical (unpaired) electrons. The molecule has 1 aliphatic heterocycles. The van der Waals surface area contributed by atoms with Gasteiger partial charge >= 0.3 is 0 Å². The first-order valence-electron chi connectivity index (χ1n) is 14.0. The van der Waals surface area contributed by atoms with Gasteiger partial charge in [-0.05, 0) is 56.5 Å². The van der Waals surface area contributed by atoms with E-state index in [1.165, 1.54) is 4.90 Å². The number of aliphatic hydroxyl groups is 1. The van der Waals surface area contributed by atoms with Crippen LogP contribution in [0.15, 0.2) is 66.9 Å². The molecule has 3 aromatic heterocycles. The van der Waals surface area contributed by atoms with Crippen LogP contribution in [0.5, 0.6) is 11.5 Å². The minimum absolute atomic E-state index is 0.0217. The number of rotatable bonds is 12. The Bertz CT molecular complexity index is 1570. The second-order valence-electron chi connectivity index (χ2n) is 9.96. The molecule has 10 heteroatoms. The number of benzene rings is 1. The number of unbranched alkanes of at least 4 members (excludes halogenated alkanes) is 1. The lowest BCUT2D eigenvalue weighted by molar-refractivity contribution is -0.139. The molecular weight excluding hydrogens is 522 g/mol. The highest BCUT2D eigenvalue weighted by Crippen LogP contribution is 2.42. The van der Waals surface area contributed by atoms with Gasteiger partial charge in [-0.1, -0.05) is 25.5 Å². The zero-order valence-electron chi connectivity index (χ0n) is 23.6. The summed E-state index contributed by atoms with van der Waals surface area (Å²) in [5.74, 6) is -0.533. The Balaban J connectivity index is 1.60. The van der Waals surface area contributed by atoms with Crippen LogP contribution in [0, 0.1) is 6.92 Å². The van der Waals surface area contributed by atoms with Crippen molar-refractivity contribution in [3.63, 3.8) is 0 Å². The summed E-state index contributed by atoms with van der Waals surface area (Å²) in [7, 11) is 0. The summed E-state index contributed by atoms with van der Waals surface area (Å²) in [4.78, 5) is 37.3. The molecule has 41 heavy (non-hydrogen) atoms. The summed E-state index contributed by atoms with van der Waals surface area (Å²) in [5, 5.41) is 11.7. The molecule has 0 bridgehead atoms. The molecule has 1 aliphatic rings. The monoisotopic (exact) mass is 557 g/mol. The molecule has 0 saturated carbocycles. The Kier molecular flexibility index (Phi) is 8.37. The van der Waals surface area contributed by atoms with Crippen molar-refractivity contribution in [2.75, 3.05) is 19.8 Å². The normalized spacial score (nSPS) is 16.6. The van der Waals surface area contributed by atoms with Crippen molar-refractivity contribution in [1.29, 1.82) is 0 Å². The number of aromatic nitrogens is 4. The number of carbonyl (C=O) groups is 2. The van der Waals surface area contributed by atoms with Crippen LogP contribution in [0.2, 0.25) is 0 Å². The number of carbonyl (C=O) groups excluding carboxylic acids is 2. The maximum atomic E-state index is 13.6. The Hall–Kier alpha value is -4.60. The molecular formula is C31H35N5O5. The van der Waals surface area contributed by atoms with Crippen molar-refractivity contribution in [3.8, 4) is 11.5 Å². The number of likely N-dealkylation sites (tertiary alicyclic amines) is 1. The van der Waals surface area contributed by atoms with Gasteiger partial charge in [0, 0.05) is 31.7 Å². The van der Waals surface area contributed by atoms with E-state index >= 15 is 0 Å². The maximum absolute atomic E-state index is 13.6. The van der Waals surface area contributed by atoms with Gasteiger partial charge in [0.2, 0.25) is 0 Å². The molecule has 5 rings (SSSR count). The zero-order valence-corrected chi connectivity index (χ0v) is 23.6. The van der Waals surface area contributed by atoms with Gasteiger partial charge in [-0.25, -0.2) is 9.97 Å². The molecule has 1 unspecified atom stereocenters. The summed E-state index contributed by atoms with van der Waals surface area (Å²) in [6.45, 7) is 7.64. The predicted molar refractivity (Wildman–Crippen MR) is 154 cm³/mol. The van der Waals surface area contributed by atoms with E-state index in [-0.39, 0.29) is 11.3 Å². The van der Waals surface area contributed by atoms with Gasteiger partial charge in [0.15, 0.2) is 17.3 Å². The van der Waals surface area contributed by atoms with Crippen molar-refractivity contribution in [1.82, 2.24) is 23.8 Å². The van der Waals surface area contributed by atoms with Crippen LogP contribution < -0.4 is 9.47 Å². The second kappa shape index (κ2) is 12.3. The first-order valence-corrected chi connectivity index (χ1v) is 14.0. The Morgan fingerprint density at radius 3 is 2.63 bits per heavy atom. The number of ketones is 1. The number of hydrogen-bond donors (Lipinski definition) is 1. The third kappa shape index (κ3) is 5.54. The molecule has 1 saturated heterocycles. The standard InChI is InChI=1S/C31H35N5O5/c1-4-6-18-41-23-12-11-22(19-24(23)40-5-2)28-26(29(37)27-21(3)33-25-10-7-8-15-35(25)27)30(38)31(39)36(28)16-9-14-34-17-13-32-20-34/h7-8,10-13,15,17,19-20,28,37H,4-6,9,14,16,18H2,1-3H3/b29-26+. The van der Waals surface area contributed by atoms with E-state index in [2.05, 4.69) is 16.9 Å². The molecule has 0 spiro atoms. The summed E-state index contributed by atoms with van der Waals surface area (Å²) < 4.78 is 15.5. The highest BCUT2D eigenvalue weighted by Gasteiger charge is 2.46. The molecule has 214 valence electrons. The van der Waals surface area contributed by atoms with Crippen LogP contribution in [0.3, 0.4) is 0 Å². The largest absolute Gasteiger partial charge is 0.505 e. The van der Waals surface area contributed by atoms with Crippen molar-refractivity contribution in [2.24, 2.45) is 0 Å². The molecule has 1 aromatic carbocycles. The molecule has 10 nitrogen and oxygen atoms in total. The van der Waals surface area contributed by atoms with Crippen LogP contribution in [-0.4, -0.2) is 60.4 Å². The summed E-state index contributed by atoms with van der Waals surface area (Å²) >= 11 is 0. The molecule has 4 heterocycles. The smallest absolute Gasteiger partial charge is 0.295 e. The molecule has 1 N–H and O–H groups in total. The quantitative estimate of drug-likeness (QED) is 0.114. The average molecular weight is 558 g/mol. The van der Waals surface area contributed by atoms with Crippen LogP contribution in [0.25, 0.3) is 11.4 Å². The fraction of sp³-hybridized carbons (Fsp3) is 0.355. The molecule has 1 amide bonds. The minimum atomic E-state index is -0.824. The van der Waals surface area contributed by atoms with E-state index in [0.29, 0.717) is 66.8 Å². The van der Waals surface area contributed by atoms with E-state index in [1.54, 1.807) is 42.2 Å². The number of ether oxygens (including phenoxy) is 2. The predicted octanol–water partition coefficient (Wildman–Crippen LogP) is 4.93. The van der Waals surface area contributed by atoms with Crippen LogP contribution >= 0.6 is 0 Å². The molecule has 4 aromatic rings. The van der Waals surface area contributed by atoms with Crippen LogP contribution in [0.4, 0.5) is 0 Å². The van der Waals surface area contributed by atoms with Crippen molar-refractivity contribution in [2.45, 2.75) is 52.6 Å². The number of amides is 1.